The fraction of sp³-hybridized carbons (Fsp3) is 0.500. The van der Waals surface area contributed by atoms with Gasteiger partial charge in [0, 0.05) is 12.4 Å². The van der Waals surface area contributed by atoms with Gasteiger partial charge in [-0.15, -0.1) is 0 Å². The van der Waals surface area contributed by atoms with Gasteiger partial charge in [0.15, 0.2) is 5.15 Å². The van der Waals surface area contributed by atoms with Gasteiger partial charge in [-0.2, -0.15) is 0 Å². The van der Waals surface area contributed by atoms with Gasteiger partial charge < -0.3 is 4.74 Å². The zero-order valence-corrected chi connectivity index (χ0v) is 7.29. The van der Waals surface area contributed by atoms with E-state index < -0.39 is 0 Å². The lowest BCUT2D eigenvalue weighted by atomic mass is 10.5. The van der Waals surface area contributed by atoms with Gasteiger partial charge >= 0.3 is 0 Å². The highest BCUT2D eigenvalue weighted by Crippen LogP contribution is 2.30. The van der Waals surface area contributed by atoms with Gasteiger partial charge in [0.1, 0.15) is 0 Å². The van der Waals surface area contributed by atoms with Crippen LogP contribution in [0.3, 0.4) is 0 Å². The normalized spacial score (nSPS) is 16.1. The number of ether oxygens (including phenoxy) is 1. The third-order valence-corrected chi connectivity index (χ3v) is 2.03. The van der Waals surface area contributed by atoms with Crippen molar-refractivity contribution in [3.8, 4) is 5.88 Å². The van der Waals surface area contributed by atoms with Gasteiger partial charge in [-0.05, 0) is 18.8 Å². The molecule has 0 bridgehead atoms. The zero-order chi connectivity index (χ0) is 8.39. The molecule has 0 radical (unpaired) electrons. The quantitative estimate of drug-likeness (QED) is 0.720. The van der Waals surface area contributed by atoms with E-state index in [1.54, 1.807) is 12.4 Å². The smallest absolute Gasteiger partial charge is 0.252 e. The second-order valence-electron chi connectivity index (χ2n) is 2.91. The summed E-state index contributed by atoms with van der Waals surface area (Å²) in [6.45, 7) is 0.721. The van der Waals surface area contributed by atoms with Crippen LogP contribution < -0.4 is 4.74 Å². The molecule has 0 atom stereocenters. The van der Waals surface area contributed by atoms with Crippen molar-refractivity contribution in [2.45, 2.75) is 12.8 Å². The minimum absolute atomic E-state index is 0.346. The van der Waals surface area contributed by atoms with Crippen molar-refractivity contribution in [2.24, 2.45) is 5.92 Å². The SMILES string of the molecule is Clc1nccnc1OCC1CC1. The molecule has 3 nitrogen and oxygen atoms in total. The molecule has 1 heterocycles. The van der Waals surface area contributed by atoms with Crippen molar-refractivity contribution in [1.82, 2.24) is 9.97 Å². The molecule has 1 fully saturated rings. The Morgan fingerprint density at radius 3 is 2.83 bits per heavy atom. The average Bonchev–Trinajstić information content (AvgIpc) is 2.86. The number of hydrogen-bond acceptors (Lipinski definition) is 3. The Hall–Kier alpha value is -0.830. The topological polar surface area (TPSA) is 35.0 Å². The minimum atomic E-state index is 0.346. The third-order valence-electron chi connectivity index (χ3n) is 1.78. The molecule has 1 saturated carbocycles. The summed E-state index contributed by atoms with van der Waals surface area (Å²) in [6, 6.07) is 0. The van der Waals surface area contributed by atoms with E-state index in [1.807, 2.05) is 0 Å². The molecule has 1 aliphatic carbocycles. The first-order valence-electron chi connectivity index (χ1n) is 3.95. The first-order chi connectivity index (χ1) is 5.86. The van der Waals surface area contributed by atoms with E-state index in [1.165, 1.54) is 12.8 Å². The Morgan fingerprint density at radius 1 is 1.42 bits per heavy atom. The minimum Gasteiger partial charge on any atom is -0.475 e. The van der Waals surface area contributed by atoms with E-state index in [0.717, 1.165) is 6.61 Å². The van der Waals surface area contributed by atoms with Crippen LogP contribution in [0.5, 0.6) is 5.88 Å². The fourth-order valence-corrected chi connectivity index (χ4v) is 1.05. The lowest BCUT2D eigenvalue weighted by molar-refractivity contribution is 0.287. The maximum atomic E-state index is 5.73. The number of halogens is 1. The molecule has 0 aliphatic heterocycles. The van der Waals surface area contributed by atoms with Crippen molar-refractivity contribution in [1.29, 1.82) is 0 Å². The van der Waals surface area contributed by atoms with Crippen LogP contribution in [-0.2, 0) is 0 Å². The molecule has 12 heavy (non-hydrogen) atoms. The number of aromatic nitrogens is 2. The Labute approximate surface area is 75.7 Å². The summed E-state index contributed by atoms with van der Waals surface area (Å²) in [5.74, 6) is 1.16. The second-order valence-corrected chi connectivity index (χ2v) is 3.26. The molecule has 1 aromatic heterocycles. The molecule has 0 spiro atoms. The maximum absolute atomic E-state index is 5.73. The van der Waals surface area contributed by atoms with Crippen molar-refractivity contribution < 1.29 is 4.74 Å². The second kappa shape index (κ2) is 3.27. The van der Waals surface area contributed by atoms with Crippen LogP contribution in [0, 0.1) is 5.92 Å². The Balaban J connectivity index is 1.96. The summed E-state index contributed by atoms with van der Waals surface area (Å²) in [6.07, 6.45) is 5.65. The Kier molecular flexibility index (Phi) is 2.13. The van der Waals surface area contributed by atoms with Crippen molar-refractivity contribution in [2.75, 3.05) is 6.61 Å². The summed E-state index contributed by atoms with van der Waals surface area (Å²) in [5, 5.41) is 0.346. The number of nitrogens with zero attached hydrogens (tertiary/aromatic N) is 2. The molecule has 64 valence electrons. The number of hydrogen-bond donors (Lipinski definition) is 0. The predicted octanol–water partition coefficient (Wildman–Crippen LogP) is 1.92. The monoisotopic (exact) mass is 184 g/mol. The van der Waals surface area contributed by atoms with Gasteiger partial charge in [-0.25, -0.2) is 9.97 Å². The largest absolute Gasteiger partial charge is 0.475 e. The van der Waals surface area contributed by atoms with Crippen LogP contribution in [0.15, 0.2) is 12.4 Å². The highest BCUT2D eigenvalue weighted by atomic mass is 35.5. The molecule has 2 rings (SSSR count). The first-order valence-corrected chi connectivity index (χ1v) is 4.33. The summed E-state index contributed by atoms with van der Waals surface area (Å²) in [5.41, 5.74) is 0. The zero-order valence-electron chi connectivity index (χ0n) is 6.53. The molecule has 0 saturated heterocycles. The molecular weight excluding hydrogens is 176 g/mol. The van der Waals surface area contributed by atoms with Gasteiger partial charge in [0.05, 0.1) is 6.61 Å². The Morgan fingerprint density at radius 2 is 2.17 bits per heavy atom. The van der Waals surface area contributed by atoms with Crippen LogP contribution in [0.4, 0.5) is 0 Å². The molecule has 0 N–H and O–H groups in total. The average molecular weight is 185 g/mol. The molecule has 4 heteroatoms. The highest BCUT2D eigenvalue weighted by Gasteiger charge is 2.22. The van der Waals surface area contributed by atoms with E-state index in [2.05, 4.69) is 9.97 Å². The summed E-state index contributed by atoms with van der Waals surface area (Å²) in [7, 11) is 0. The summed E-state index contributed by atoms with van der Waals surface area (Å²) >= 11 is 5.73. The van der Waals surface area contributed by atoms with Crippen molar-refractivity contribution in [3.63, 3.8) is 0 Å². The maximum Gasteiger partial charge on any atom is 0.252 e. The molecule has 0 amide bonds. The Bertz CT molecular complexity index is 276. The fourth-order valence-electron chi connectivity index (χ4n) is 0.886. The summed E-state index contributed by atoms with van der Waals surface area (Å²) in [4.78, 5) is 7.82. The van der Waals surface area contributed by atoms with Crippen LogP contribution >= 0.6 is 11.6 Å². The highest BCUT2D eigenvalue weighted by molar-refractivity contribution is 6.30. The van der Waals surface area contributed by atoms with E-state index in [9.17, 15) is 0 Å². The lowest BCUT2D eigenvalue weighted by Crippen LogP contribution is -2.01. The lowest BCUT2D eigenvalue weighted by Gasteiger charge is -2.03. The van der Waals surface area contributed by atoms with Crippen molar-refractivity contribution in [3.05, 3.63) is 17.5 Å². The summed E-state index contributed by atoms with van der Waals surface area (Å²) < 4.78 is 5.36. The van der Waals surface area contributed by atoms with E-state index >= 15 is 0 Å². The molecule has 0 unspecified atom stereocenters. The van der Waals surface area contributed by atoms with Gasteiger partial charge in [-0.1, -0.05) is 11.6 Å². The van der Waals surface area contributed by atoms with Gasteiger partial charge in [0.25, 0.3) is 5.88 Å². The van der Waals surface area contributed by atoms with Crippen LogP contribution in [-0.4, -0.2) is 16.6 Å². The van der Waals surface area contributed by atoms with Gasteiger partial charge in [-0.3, -0.25) is 0 Å². The standard InChI is InChI=1S/C8H9ClN2O/c9-7-8(11-4-3-10-7)12-5-6-1-2-6/h3-4,6H,1-2,5H2. The number of rotatable bonds is 3. The van der Waals surface area contributed by atoms with E-state index in [0.29, 0.717) is 17.0 Å². The molecular formula is C8H9ClN2O. The molecule has 1 aliphatic rings. The van der Waals surface area contributed by atoms with E-state index in [-0.39, 0.29) is 0 Å². The predicted molar refractivity (Wildman–Crippen MR) is 45.3 cm³/mol. The van der Waals surface area contributed by atoms with Crippen molar-refractivity contribution >= 4 is 11.6 Å². The van der Waals surface area contributed by atoms with Crippen LogP contribution in [0.25, 0.3) is 0 Å². The first kappa shape index (κ1) is 7.80. The molecule has 0 aromatic carbocycles. The molecule has 1 aromatic rings. The van der Waals surface area contributed by atoms with Crippen LogP contribution in [0.1, 0.15) is 12.8 Å². The van der Waals surface area contributed by atoms with Crippen LogP contribution in [0.2, 0.25) is 5.15 Å². The van der Waals surface area contributed by atoms with E-state index in [4.69, 9.17) is 16.3 Å². The van der Waals surface area contributed by atoms with Gasteiger partial charge in [0.2, 0.25) is 0 Å². The third kappa shape index (κ3) is 1.85.